The van der Waals surface area contributed by atoms with E-state index in [2.05, 4.69) is 32.9 Å². The van der Waals surface area contributed by atoms with Gasteiger partial charge < -0.3 is 20.7 Å². The molecule has 0 aromatic rings. The van der Waals surface area contributed by atoms with E-state index in [4.69, 9.17) is 0 Å². The summed E-state index contributed by atoms with van der Waals surface area (Å²) in [5.74, 6) is 0. The zero-order valence-corrected chi connectivity index (χ0v) is 8.54. The molecule has 72 valence electrons. The Labute approximate surface area is 77.9 Å². The minimum Gasteiger partial charge on any atom is -0.453 e. The molecular weight excluding hydrogens is 178 g/mol. The zero-order chi connectivity index (χ0) is 9.98. The highest BCUT2D eigenvalue weighted by molar-refractivity contribution is 7.80. The van der Waals surface area contributed by atoms with Crippen molar-refractivity contribution in [1.82, 2.24) is 16.0 Å². The molecule has 0 heterocycles. The maximum absolute atomic E-state index is 9.85. The third-order valence-electron chi connectivity index (χ3n) is 0.844. The molecule has 6 heteroatoms. The molecule has 0 aliphatic carbocycles. The highest BCUT2D eigenvalue weighted by atomic mass is 32.1. The summed E-state index contributed by atoms with van der Waals surface area (Å²) in [7, 11) is 6.38. The molecule has 0 aromatic carbocycles. The average molecular weight is 193 g/mol. The summed E-state index contributed by atoms with van der Waals surface area (Å²) < 4.78 is 4.15. The number of carbonyl (C=O) groups excluding carboxylic acids is 1. The lowest BCUT2D eigenvalue weighted by atomic mass is 11.0. The summed E-state index contributed by atoms with van der Waals surface area (Å²) in [5.41, 5.74) is 0. The van der Waals surface area contributed by atoms with Crippen LogP contribution in [0.25, 0.3) is 0 Å². The zero-order valence-electron chi connectivity index (χ0n) is 7.72. The second-order valence-electron chi connectivity index (χ2n) is 1.57. The van der Waals surface area contributed by atoms with E-state index in [0.717, 1.165) is 0 Å². The van der Waals surface area contributed by atoms with E-state index in [1.807, 2.05) is 0 Å². The number of hydrogen-bond donors (Lipinski definition) is 3. The fourth-order valence-electron chi connectivity index (χ4n) is 0.227. The Balaban J connectivity index is 0. The predicted molar refractivity (Wildman–Crippen MR) is 52.2 cm³/mol. The summed E-state index contributed by atoms with van der Waals surface area (Å²) in [6, 6.07) is 0. The molecule has 0 aliphatic rings. The van der Waals surface area contributed by atoms with Crippen LogP contribution in [0.15, 0.2) is 0 Å². The van der Waals surface area contributed by atoms with Gasteiger partial charge in [0.05, 0.1) is 7.11 Å². The Morgan fingerprint density at radius 3 is 1.58 bits per heavy atom. The number of thiocarbonyl (C=S) groups is 1. The summed E-state index contributed by atoms with van der Waals surface area (Å²) in [4.78, 5) is 9.85. The molecule has 5 nitrogen and oxygen atoms in total. The van der Waals surface area contributed by atoms with Crippen molar-refractivity contribution >= 4 is 23.4 Å². The van der Waals surface area contributed by atoms with Crippen molar-refractivity contribution < 1.29 is 9.53 Å². The van der Waals surface area contributed by atoms with Crippen LogP contribution < -0.4 is 16.0 Å². The van der Waals surface area contributed by atoms with Crippen LogP contribution in [0.1, 0.15) is 0 Å². The number of hydrogen-bond acceptors (Lipinski definition) is 3. The van der Waals surface area contributed by atoms with Crippen LogP contribution in [0.5, 0.6) is 0 Å². The van der Waals surface area contributed by atoms with Crippen LogP contribution in [0.3, 0.4) is 0 Å². The van der Waals surface area contributed by atoms with Gasteiger partial charge in [-0.05, 0) is 12.2 Å². The molecule has 0 fully saturated rings. The number of nitrogens with one attached hydrogen (secondary N) is 3. The van der Waals surface area contributed by atoms with E-state index < -0.39 is 6.09 Å². The highest BCUT2D eigenvalue weighted by Crippen LogP contribution is 1.62. The largest absolute Gasteiger partial charge is 0.453 e. The predicted octanol–water partition coefficient (Wildman–Crippen LogP) is -0.318. The molecule has 0 saturated heterocycles. The lowest BCUT2D eigenvalue weighted by Crippen LogP contribution is -2.28. The first kappa shape index (κ1) is 13.5. The van der Waals surface area contributed by atoms with Crippen molar-refractivity contribution in [1.29, 1.82) is 0 Å². The first-order chi connectivity index (χ1) is 5.62. The van der Waals surface area contributed by atoms with Crippen LogP contribution in [-0.4, -0.2) is 39.5 Å². The first-order valence-electron chi connectivity index (χ1n) is 3.27. The van der Waals surface area contributed by atoms with Crippen LogP contribution in [0.4, 0.5) is 4.79 Å². The Kier molecular flexibility index (Phi) is 11.2. The first-order valence-corrected chi connectivity index (χ1v) is 3.68. The number of carbonyl (C=O) groups is 1. The second kappa shape index (κ2) is 9.96. The van der Waals surface area contributed by atoms with E-state index >= 15 is 0 Å². The Hall–Kier alpha value is -1.04. The Morgan fingerprint density at radius 1 is 1.17 bits per heavy atom. The molecular formula is C6H15N3O2S. The van der Waals surface area contributed by atoms with Gasteiger partial charge in [0.1, 0.15) is 0 Å². The molecule has 0 radical (unpaired) electrons. The molecule has 0 aromatic heterocycles. The van der Waals surface area contributed by atoms with Gasteiger partial charge in [0.15, 0.2) is 5.11 Å². The number of amides is 1. The molecule has 0 aliphatic heterocycles. The monoisotopic (exact) mass is 193 g/mol. The molecule has 3 N–H and O–H groups in total. The third kappa shape index (κ3) is 11.7. The molecule has 12 heavy (non-hydrogen) atoms. The van der Waals surface area contributed by atoms with Gasteiger partial charge in [0.25, 0.3) is 0 Å². The van der Waals surface area contributed by atoms with Crippen molar-refractivity contribution in [3.63, 3.8) is 0 Å². The lowest BCUT2D eigenvalue weighted by molar-refractivity contribution is 0.173. The van der Waals surface area contributed by atoms with E-state index in [1.54, 1.807) is 14.1 Å². The molecule has 0 saturated carbocycles. The minimum absolute atomic E-state index is 0.407. The van der Waals surface area contributed by atoms with Gasteiger partial charge in [-0.2, -0.15) is 0 Å². The van der Waals surface area contributed by atoms with Crippen LogP contribution in [0, 0.1) is 0 Å². The van der Waals surface area contributed by atoms with Crippen LogP contribution in [-0.2, 0) is 4.74 Å². The molecule has 0 rings (SSSR count). The molecule has 1 amide bonds. The van der Waals surface area contributed by atoms with Crippen molar-refractivity contribution in [3.8, 4) is 0 Å². The van der Waals surface area contributed by atoms with Gasteiger partial charge in [0, 0.05) is 21.1 Å². The number of alkyl carbamates (subject to hydrolysis) is 1. The van der Waals surface area contributed by atoms with Crippen molar-refractivity contribution in [2.24, 2.45) is 0 Å². The van der Waals surface area contributed by atoms with Crippen LogP contribution >= 0.6 is 12.2 Å². The van der Waals surface area contributed by atoms with E-state index in [1.165, 1.54) is 14.2 Å². The molecule has 0 spiro atoms. The number of methoxy groups -OCH3 is 1. The summed E-state index contributed by atoms with van der Waals surface area (Å²) >= 11 is 4.63. The summed E-state index contributed by atoms with van der Waals surface area (Å²) in [5, 5.41) is 8.40. The van der Waals surface area contributed by atoms with Crippen molar-refractivity contribution in [2.75, 3.05) is 28.3 Å². The summed E-state index contributed by atoms with van der Waals surface area (Å²) in [6.45, 7) is 0. The second-order valence-corrected chi connectivity index (χ2v) is 1.98. The third-order valence-corrected chi connectivity index (χ3v) is 1.25. The highest BCUT2D eigenvalue weighted by Gasteiger charge is 1.85. The maximum atomic E-state index is 9.85. The quantitative estimate of drug-likeness (QED) is 0.460. The Morgan fingerprint density at radius 2 is 1.58 bits per heavy atom. The van der Waals surface area contributed by atoms with Gasteiger partial charge in [-0.25, -0.2) is 4.79 Å². The smallest absolute Gasteiger partial charge is 0.406 e. The molecule has 0 atom stereocenters. The maximum Gasteiger partial charge on any atom is 0.406 e. The SMILES string of the molecule is CNC(=O)OC.CNC(=S)NC. The lowest BCUT2D eigenvalue weighted by Gasteiger charge is -1.95. The van der Waals surface area contributed by atoms with Gasteiger partial charge in [-0.3, -0.25) is 0 Å². The minimum atomic E-state index is -0.407. The average Bonchev–Trinajstić information content (AvgIpc) is 2.16. The van der Waals surface area contributed by atoms with Crippen molar-refractivity contribution in [3.05, 3.63) is 0 Å². The van der Waals surface area contributed by atoms with Gasteiger partial charge in [0.2, 0.25) is 0 Å². The van der Waals surface area contributed by atoms with Gasteiger partial charge in [-0.15, -0.1) is 0 Å². The van der Waals surface area contributed by atoms with E-state index in [-0.39, 0.29) is 0 Å². The summed E-state index contributed by atoms with van der Waals surface area (Å²) in [6.07, 6.45) is -0.407. The van der Waals surface area contributed by atoms with E-state index in [0.29, 0.717) is 5.11 Å². The van der Waals surface area contributed by atoms with E-state index in [9.17, 15) is 4.79 Å². The molecule has 0 unspecified atom stereocenters. The standard InChI is InChI=1S/C3H8N2S.C3H7NO2/c1-4-3(6)5-2;1-4-3(5)6-2/h1-2H3,(H2,4,5,6);1-2H3,(H,4,5). The number of rotatable bonds is 0. The van der Waals surface area contributed by atoms with Crippen LogP contribution in [0.2, 0.25) is 0 Å². The fourth-order valence-corrected chi connectivity index (χ4v) is 0.227. The van der Waals surface area contributed by atoms with Crippen molar-refractivity contribution in [2.45, 2.75) is 0 Å². The number of ether oxygens (including phenoxy) is 1. The molecule has 0 bridgehead atoms. The Bertz CT molecular complexity index is 113. The normalized spacial score (nSPS) is 7.00. The topological polar surface area (TPSA) is 62.4 Å². The van der Waals surface area contributed by atoms with Gasteiger partial charge in [-0.1, -0.05) is 0 Å². The van der Waals surface area contributed by atoms with Gasteiger partial charge >= 0.3 is 6.09 Å². The fraction of sp³-hybridized carbons (Fsp3) is 0.667.